The number of hydrogen-bond acceptors (Lipinski definition) is 4. The second-order valence-corrected chi connectivity index (χ2v) is 3.08. The molecule has 4 heteroatoms. The molecule has 0 unspecified atom stereocenters. The van der Waals surface area contributed by atoms with Gasteiger partial charge < -0.3 is 4.74 Å². The van der Waals surface area contributed by atoms with Crippen molar-refractivity contribution >= 4 is 11.9 Å². The second kappa shape index (κ2) is 5.02. The predicted molar refractivity (Wildman–Crippen MR) is 62.3 cm³/mol. The summed E-state index contributed by atoms with van der Waals surface area (Å²) in [6.07, 6.45) is 3.28. The topological polar surface area (TPSA) is 47.4 Å². The molecule has 0 bridgehead atoms. The van der Waals surface area contributed by atoms with Crippen molar-refractivity contribution < 1.29 is 4.74 Å². The number of ether oxygens (including phenoxy) is 1. The lowest BCUT2D eigenvalue weighted by molar-refractivity contribution is 0.416. The van der Waals surface area contributed by atoms with Crippen molar-refractivity contribution in [2.75, 3.05) is 7.11 Å². The largest absolute Gasteiger partial charge is 0.494 e. The fourth-order valence-electron chi connectivity index (χ4n) is 1.25. The number of benzene rings is 1. The number of hydrogen-bond donors (Lipinski definition) is 0. The molecule has 0 aliphatic carbocycles. The second-order valence-electron chi connectivity index (χ2n) is 3.08. The maximum Gasteiger partial charge on any atom is 0.144 e. The highest BCUT2D eigenvalue weighted by Crippen LogP contribution is 2.25. The van der Waals surface area contributed by atoms with Gasteiger partial charge in [-0.1, -0.05) is 12.1 Å². The summed E-state index contributed by atoms with van der Waals surface area (Å²) in [5.74, 6) is 0.739. The van der Waals surface area contributed by atoms with Gasteiger partial charge in [0.15, 0.2) is 0 Å². The smallest absolute Gasteiger partial charge is 0.144 e. The molecule has 1 aromatic carbocycles. The molecule has 1 heterocycles. The monoisotopic (exact) mass is 213 g/mol. The number of nitrogens with zero attached hydrogens (tertiary/aromatic N) is 3. The summed E-state index contributed by atoms with van der Waals surface area (Å²) in [7, 11) is 1.62. The first-order valence-corrected chi connectivity index (χ1v) is 4.85. The fourth-order valence-corrected chi connectivity index (χ4v) is 1.25. The van der Waals surface area contributed by atoms with Crippen LogP contribution in [-0.4, -0.2) is 23.5 Å². The molecule has 16 heavy (non-hydrogen) atoms. The Kier molecular flexibility index (Phi) is 3.23. The van der Waals surface area contributed by atoms with E-state index >= 15 is 0 Å². The van der Waals surface area contributed by atoms with Crippen LogP contribution >= 0.6 is 0 Å². The van der Waals surface area contributed by atoms with E-state index in [0.717, 1.165) is 11.4 Å². The number of methoxy groups -OCH3 is 1. The van der Waals surface area contributed by atoms with E-state index in [1.54, 1.807) is 19.5 Å². The first-order valence-electron chi connectivity index (χ1n) is 4.85. The standard InChI is InChI=1S/C12H11N3O/c1-16-12-7-3-2-6-11(12)13-9-10-5-4-8-14-15-10/h2-9H,1H3. The van der Waals surface area contributed by atoms with E-state index in [9.17, 15) is 0 Å². The molecule has 0 aliphatic rings. The van der Waals surface area contributed by atoms with Crippen LogP contribution < -0.4 is 4.74 Å². The van der Waals surface area contributed by atoms with Gasteiger partial charge in [-0.05, 0) is 24.3 Å². The van der Waals surface area contributed by atoms with Crippen molar-refractivity contribution in [3.63, 3.8) is 0 Å². The van der Waals surface area contributed by atoms with Crippen LogP contribution in [0.2, 0.25) is 0 Å². The van der Waals surface area contributed by atoms with Gasteiger partial charge in [0.1, 0.15) is 17.1 Å². The maximum atomic E-state index is 5.18. The first kappa shape index (κ1) is 10.3. The minimum Gasteiger partial charge on any atom is -0.494 e. The first-order chi connectivity index (χ1) is 7.90. The Morgan fingerprint density at radius 1 is 1.19 bits per heavy atom. The maximum absolute atomic E-state index is 5.18. The molecule has 0 aliphatic heterocycles. The highest BCUT2D eigenvalue weighted by molar-refractivity contribution is 5.80. The molecule has 0 radical (unpaired) electrons. The summed E-state index contributed by atoms with van der Waals surface area (Å²) in [5, 5.41) is 7.68. The molecule has 0 atom stereocenters. The number of aromatic nitrogens is 2. The van der Waals surface area contributed by atoms with Gasteiger partial charge in [0.25, 0.3) is 0 Å². The molecule has 0 spiro atoms. The lowest BCUT2D eigenvalue weighted by Crippen LogP contribution is -1.88. The van der Waals surface area contributed by atoms with Crippen molar-refractivity contribution in [1.29, 1.82) is 0 Å². The third-order valence-corrected chi connectivity index (χ3v) is 2.01. The lowest BCUT2D eigenvalue weighted by Gasteiger charge is -2.02. The predicted octanol–water partition coefficient (Wildman–Crippen LogP) is 2.24. The molecule has 80 valence electrons. The summed E-state index contributed by atoms with van der Waals surface area (Å²) >= 11 is 0. The van der Waals surface area contributed by atoms with Crippen LogP contribution in [-0.2, 0) is 0 Å². The van der Waals surface area contributed by atoms with Gasteiger partial charge in [-0.3, -0.25) is 4.99 Å². The quantitative estimate of drug-likeness (QED) is 0.734. The fraction of sp³-hybridized carbons (Fsp3) is 0.0833. The van der Waals surface area contributed by atoms with Gasteiger partial charge in [-0.25, -0.2) is 0 Å². The average Bonchev–Trinajstić information content (AvgIpc) is 2.38. The molecule has 0 saturated heterocycles. The summed E-state index contributed by atoms with van der Waals surface area (Å²) in [6.45, 7) is 0. The van der Waals surface area contributed by atoms with E-state index in [2.05, 4.69) is 15.2 Å². The zero-order valence-corrected chi connectivity index (χ0v) is 8.87. The molecule has 0 saturated carbocycles. The van der Waals surface area contributed by atoms with E-state index in [0.29, 0.717) is 5.69 Å². The van der Waals surface area contributed by atoms with Crippen LogP contribution in [0.3, 0.4) is 0 Å². The molecular weight excluding hydrogens is 202 g/mol. The van der Waals surface area contributed by atoms with Gasteiger partial charge in [0.2, 0.25) is 0 Å². The molecule has 0 fully saturated rings. The highest BCUT2D eigenvalue weighted by atomic mass is 16.5. The van der Waals surface area contributed by atoms with E-state index in [4.69, 9.17) is 4.74 Å². The van der Waals surface area contributed by atoms with Crippen LogP contribution in [0.1, 0.15) is 5.69 Å². The minimum absolute atomic E-state index is 0.716. The molecule has 0 amide bonds. The number of aliphatic imine (C=N–C) groups is 1. The van der Waals surface area contributed by atoms with Gasteiger partial charge in [0.05, 0.1) is 13.3 Å². The van der Waals surface area contributed by atoms with Gasteiger partial charge >= 0.3 is 0 Å². The highest BCUT2D eigenvalue weighted by Gasteiger charge is 1.97. The molecular formula is C12H11N3O. The minimum atomic E-state index is 0.716. The molecule has 2 aromatic rings. The molecule has 1 aromatic heterocycles. The van der Waals surface area contributed by atoms with Crippen molar-refractivity contribution in [1.82, 2.24) is 10.2 Å². The molecule has 2 rings (SSSR count). The van der Waals surface area contributed by atoms with E-state index in [1.165, 1.54) is 0 Å². The SMILES string of the molecule is COc1ccccc1N=Cc1cccnn1. The Morgan fingerprint density at radius 2 is 2.06 bits per heavy atom. The summed E-state index contributed by atoms with van der Waals surface area (Å²) in [5.41, 5.74) is 1.49. The van der Waals surface area contributed by atoms with Gasteiger partial charge in [-0.15, -0.1) is 5.10 Å². The molecule has 4 nitrogen and oxygen atoms in total. The van der Waals surface area contributed by atoms with Crippen LogP contribution in [0.25, 0.3) is 0 Å². The van der Waals surface area contributed by atoms with Crippen LogP contribution in [0.5, 0.6) is 5.75 Å². The van der Waals surface area contributed by atoms with Crippen molar-refractivity contribution in [2.24, 2.45) is 4.99 Å². The Bertz CT molecular complexity index is 483. The van der Waals surface area contributed by atoms with Crippen molar-refractivity contribution in [2.45, 2.75) is 0 Å². The average molecular weight is 213 g/mol. The summed E-state index contributed by atoms with van der Waals surface area (Å²) < 4.78 is 5.18. The Balaban J connectivity index is 2.24. The van der Waals surface area contributed by atoms with Crippen molar-refractivity contribution in [3.8, 4) is 5.75 Å². The van der Waals surface area contributed by atoms with Crippen LogP contribution in [0.15, 0.2) is 47.6 Å². The van der Waals surface area contributed by atoms with E-state index < -0.39 is 0 Å². The van der Waals surface area contributed by atoms with E-state index in [-0.39, 0.29) is 0 Å². The zero-order chi connectivity index (χ0) is 11.2. The third-order valence-electron chi connectivity index (χ3n) is 2.01. The zero-order valence-electron chi connectivity index (χ0n) is 8.87. The Morgan fingerprint density at radius 3 is 2.81 bits per heavy atom. The van der Waals surface area contributed by atoms with Crippen LogP contribution in [0, 0.1) is 0 Å². The Labute approximate surface area is 93.6 Å². The van der Waals surface area contributed by atoms with Crippen LogP contribution in [0.4, 0.5) is 5.69 Å². The van der Waals surface area contributed by atoms with E-state index in [1.807, 2.05) is 36.4 Å². The number of para-hydroxylation sites is 2. The lowest BCUT2D eigenvalue weighted by atomic mass is 10.3. The van der Waals surface area contributed by atoms with Gasteiger partial charge in [-0.2, -0.15) is 5.10 Å². The number of rotatable bonds is 3. The van der Waals surface area contributed by atoms with Gasteiger partial charge in [0, 0.05) is 6.20 Å². The summed E-state index contributed by atoms with van der Waals surface area (Å²) in [4.78, 5) is 4.29. The van der Waals surface area contributed by atoms with Crippen molar-refractivity contribution in [3.05, 3.63) is 48.3 Å². The normalized spacial score (nSPS) is 10.6. The summed E-state index contributed by atoms with van der Waals surface area (Å²) in [6, 6.07) is 11.2. The molecule has 0 N–H and O–H groups in total. The Hall–Kier alpha value is -2.23. The third kappa shape index (κ3) is 2.42.